The Morgan fingerprint density at radius 2 is 1.77 bits per heavy atom. The number of ketones is 1. The lowest BCUT2D eigenvalue weighted by Gasteiger charge is -2.38. The summed E-state index contributed by atoms with van der Waals surface area (Å²) >= 11 is 0. The molecule has 188 valence electrons. The molecular formula is C28H35NO6. The predicted octanol–water partition coefficient (Wildman–Crippen LogP) is 4.57. The van der Waals surface area contributed by atoms with E-state index in [1.54, 1.807) is 7.11 Å². The number of esters is 2. The molecule has 1 aromatic carbocycles. The maximum atomic E-state index is 13.8. The molecule has 0 saturated heterocycles. The predicted molar refractivity (Wildman–Crippen MR) is 130 cm³/mol. The van der Waals surface area contributed by atoms with Gasteiger partial charge in [-0.2, -0.15) is 0 Å². The summed E-state index contributed by atoms with van der Waals surface area (Å²) in [6.45, 7) is 3.72. The van der Waals surface area contributed by atoms with Crippen LogP contribution in [0.15, 0.2) is 46.8 Å². The van der Waals surface area contributed by atoms with Gasteiger partial charge < -0.3 is 19.5 Å². The van der Waals surface area contributed by atoms with E-state index in [1.807, 2.05) is 38.1 Å². The molecule has 1 saturated carbocycles. The van der Waals surface area contributed by atoms with Gasteiger partial charge >= 0.3 is 11.9 Å². The average molecular weight is 482 g/mol. The van der Waals surface area contributed by atoms with Gasteiger partial charge in [0.1, 0.15) is 17.8 Å². The van der Waals surface area contributed by atoms with Crippen molar-refractivity contribution in [2.75, 3.05) is 14.2 Å². The molecular weight excluding hydrogens is 446 g/mol. The van der Waals surface area contributed by atoms with Gasteiger partial charge in [0.25, 0.3) is 0 Å². The van der Waals surface area contributed by atoms with Crippen LogP contribution in [0.1, 0.15) is 70.3 Å². The van der Waals surface area contributed by atoms with Crippen molar-refractivity contribution in [3.63, 3.8) is 0 Å². The van der Waals surface area contributed by atoms with Gasteiger partial charge in [-0.15, -0.1) is 0 Å². The van der Waals surface area contributed by atoms with Gasteiger partial charge in [-0.3, -0.25) is 9.59 Å². The first-order valence-electron chi connectivity index (χ1n) is 12.5. The van der Waals surface area contributed by atoms with E-state index in [2.05, 4.69) is 5.32 Å². The summed E-state index contributed by atoms with van der Waals surface area (Å²) in [5.41, 5.74) is 3.01. The fraction of sp³-hybridized carbons (Fsp3) is 0.536. The van der Waals surface area contributed by atoms with Gasteiger partial charge in [-0.05, 0) is 62.6 Å². The van der Waals surface area contributed by atoms with Crippen LogP contribution in [0.4, 0.5) is 0 Å². The van der Waals surface area contributed by atoms with Crippen LogP contribution >= 0.6 is 0 Å². The smallest absolute Gasteiger partial charge is 0.337 e. The third-order valence-electron chi connectivity index (χ3n) is 7.47. The fourth-order valence-corrected chi connectivity index (χ4v) is 5.68. The van der Waals surface area contributed by atoms with Gasteiger partial charge in [-0.25, -0.2) is 4.79 Å². The summed E-state index contributed by atoms with van der Waals surface area (Å²) in [5.74, 6) is -2.44. The molecule has 35 heavy (non-hydrogen) atoms. The monoisotopic (exact) mass is 481 g/mol. The molecule has 7 heteroatoms. The molecule has 3 atom stereocenters. The first-order chi connectivity index (χ1) is 16.8. The highest BCUT2D eigenvalue weighted by atomic mass is 16.5. The second kappa shape index (κ2) is 10.7. The van der Waals surface area contributed by atoms with Crippen LogP contribution in [0.5, 0.6) is 5.75 Å². The van der Waals surface area contributed by atoms with E-state index in [-0.39, 0.29) is 17.8 Å². The molecule has 0 aromatic heterocycles. The number of allylic oxidation sites excluding steroid dienone is 3. The van der Waals surface area contributed by atoms with E-state index in [1.165, 1.54) is 7.11 Å². The number of benzene rings is 1. The van der Waals surface area contributed by atoms with Crippen LogP contribution in [-0.2, 0) is 23.9 Å². The maximum Gasteiger partial charge on any atom is 0.337 e. The molecule has 1 heterocycles. The average Bonchev–Trinajstić information content (AvgIpc) is 3.11. The van der Waals surface area contributed by atoms with Crippen LogP contribution in [0.2, 0.25) is 0 Å². The zero-order valence-electron chi connectivity index (χ0n) is 21.0. The molecule has 1 N–H and O–H groups in total. The van der Waals surface area contributed by atoms with Crippen molar-refractivity contribution in [3.8, 4) is 5.75 Å². The number of Topliss-reactive ketones (excluding diaryl/α,β-unsaturated/α-hetero) is 1. The van der Waals surface area contributed by atoms with Crippen molar-refractivity contribution in [3.05, 3.63) is 52.4 Å². The summed E-state index contributed by atoms with van der Waals surface area (Å²) in [4.78, 5) is 40.1. The van der Waals surface area contributed by atoms with E-state index in [4.69, 9.17) is 14.2 Å². The molecule has 7 nitrogen and oxygen atoms in total. The Bertz CT molecular complexity index is 1060. The quantitative estimate of drug-likeness (QED) is 0.374. The minimum Gasteiger partial charge on any atom is -0.497 e. The summed E-state index contributed by atoms with van der Waals surface area (Å²) < 4.78 is 16.4. The molecule has 0 amide bonds. The van der Waals surface area contributed by atoms with Crippen molar-refractivity contribution in [2.24, 2.45) is 11.8 Å². The number of carbonyl (C=O) groups is 3. The number of hydrogen-bond donors (Lipinski definition) is 1. The third kappa shape index (κ3) is 5.00. The van der Waals surface area contributed by atoms with Crippen LogP contribution in [0.3, 0.4) is 0 Å². The minimum absolute atomic E-state index is 0.128. The summed E-state index contributed by atoms with van der Waals surface area (Å²) in [6.07, 6.45) is 6.47. The molecule has 0 radical (unpaired) electrons. The molecule has 2 aliphatic carbocycles. The molecule has 3 aliphatic rings. The lowest BCUT2D eigenvalue weighted by atomic mass is 9.69. The Hall–Kier alpha value is -3.09. The molecule has 0 bridgehead atoms. The first-order valence-corrected chi connectivity index (χ1v) is 12.5. The number of ether oxygens (including phenoxy) is 3. The highest BCUT2D eigenvalue weighted by Crippen LogP contribution is 2.46. The zero-order valence-corrected chi connectivity index (χ0v) is 21.0. The van der Waals surface area contributed by atoms with E-state index in [0.717, 1.165) is 49.8 Å². The van der Waals surface area contributed by atoms with Gasteiger partial charge in [-0.1, -0.05) is 31.9 Å². The van der Waals surface area contributed by atoms with Crippen molar-refractivity contribution >= 4 is 17.7 Å². The number of hydrogen-bond acceptors (Lipinski definition) is 7. The summed E-state index contributed by atoms with van der Waals surface area (Å²) in [6, 6.07) is 7.38. The molecule has 1 aromatic rings. The Morgan fingerprint density at radius 3 is 2.43 bits per heavy atom. The van der Waals surface area contributed by atoms with E-state index >= 15 is 0 Å². The highest BCUT2D eigenvalue weighted by Gasteiger charge is 2.47. The molecule has 0 spiro atoms. The third-order valence-corrected chi connectivity index (χ3v) is 7.47. The first kappa shape index (κ1) is 25.0. The Balaban J connectivity index is 1.78. The Labute approximate surface area is 206 Å². The van der Waals surface area contributed by atoms with Crippen molar-refractivity contribution in [1.29, 1.82) is 0 Å². The Morgan fingerprint density at radius 1 is 1.06 bits per heavy atom. The summed E-state index contributed by atoms with van der Waals surface area (Å²) in [5, 5.41) is 3.32. The summed E-state index contributed by atoms with van der Waals surface area (Å²) in [7, 11) is 2.87. The number of nitrogens with one attached hydrogen (secondary N) is 1. The highest BCUT2D eigenvalue weighted by molar-refractivity contribution is 6.12. The minimum atomic E-state index is -0.911. The number of methoxy groups -OCH3 is 2. The number of rotatable bonds is 5. The maximum absolute atomic E-state index is 13.8. The lowest BCUT2D eigenvalue weighted by Crippen LogP contribution is -2.43. The standard InChI is InChI=1S/C28H35NO6/c1-16-14-21-25(26(30)22(16)27(31)34-4)24(18-10-9-13-20(15-18)33-3)23(17(2)29-21)28(32)35-19-11-7-5-6-8-12-19/h9-10,13,15-16,19,22,24,29H,5-8,11-12,14H2,1-4H3/t16-,22-,24-/m1/s1. The zero-order chi connectivity index (χ0) is 25.1. The molecule has 4 rings (SSSR count). The fourth-order valence-electron chi connectivity index (χ4n) is 5.68. The van der Waals surface area contributed by atoms with Crippen molar-refractivity contribution < 1.29 is 28.6 Å². The van der Waals surface area contributed by atoms with E-state index in [9.17, 15) is 14.4 Å². The molecule has 1 aliphatic heterocycles. The number of dihydropyridines is 1. The topological polar surface area (TPSA) is 90.9 Å². The van der Waals surface area contributed by atoms with Crippen LogP contribution in [-0.4, -0.2) is 38.0 Å². The van der Waals surface area contributed by atoms with Crippen molar-refractivity contribution in [2.45, 2.75) is 70.8 Å². The number of carbonyl (C=O) groups excluding carboxylic acids is 3. The van der Waals surface area contributed by atoms with Crippen LogP contribution < -0.4 is 10.1 Å². The second-order valence-electron chi connectivity index (χ2n) is 9.83. The van der Waals surface area contributed by atoms with Crippen molar-refractivity contribution in [1.82, 2.24) is 5.32 Å². The van der Waals surface area contributed by atoms with E-state index in [0.29, 0.717) is 29.0 Å². The van der Waals surface area contributed by atoms with Gasteiger partial charge in [0.05, 0.1) is 19.8 Å². The van der Waals surface area contributed by atoms with Gasteiger partial charge in [0, 0.05) is 22.9 Å². The van der Waals surface area contributed by atoms with Crippen LogP contribution in [0, 0.1) is 11.8 Å². The molecule has 1 fully saturated rings. The van der Waals surface area contributed by atoms with E-state index < -0.39 is 23.8 Å². The largest absolute Gasteiger partial charge is 0.497 e. The van der Waals surface area contributed by atoms with Gasteiger partial charge in [0.15, 0.2) is 5.78 Å². The molecule has 0 unspecified atom stereocenters. The van der Waals surface area contributed by atoms with Gasteiger partial charge in [0.2, 0.25) is 0 Å². The second-order valence-corrected chi connectivity index (χ2v) is 9.83. The van der Waals surface area contributed by atoms with Crippen LogP contribution in [0.25, 0.3) is 0 Å². The SMILES string of the molecule is COC(=O)[C@H]1C(=O)C2=C(C[C@H]1C)NC(C)=C(C(=O)OC1CCCCCC1)[C@H]2c1cccc(OC)c1. The normalized spacial score (nSPS) is 25.4. The lowest BCUT2D eigenvalue weighted by molar-refractivity contribution is -0.151. The Kier molecular flexibility index (Phi) is 7.63.